The summed E-state index contributed by atoms with van der Waals surface area (Å²) in [6.45, 7) is 9.73. The van der Waals surface area contributed by atoms with Crippen LogP contribution in [-0.4, -0.2) is 24.9 Å². The van der Waals surface area contributed by atoms with E-state index in [1.807, 2.05) is 58.9 Å². The minimum Gasteiger partial charge on any atom is -0.493 e. The zero-order valence-electron chi connectivity index (χ0n) is 17.4. The van der Waals surface area contributed by atoms with Gasteiger partial charge in [-0.1, -0.05) is 6.07 Å². The maximum atomic E-state index is 12.3. The number of benzene rings is 1. The fraction of sp³-hybridized carbons (Fsp3) is 0.455. The molecule has 1 amide bonds. The van der Waals surface area contributed by atoms with E-state index in [9.17, 15) is 9.59 Å². The number of nitrogens with one attached hydrogen (secondary N) is 1. The third-order valence-corrected chi connectivity index (χ3v) is 5.31. The summed E-state index contributed by atoms with van der Waals surface area (Å²) in [5.41, 5.74) is 1.64. The molecule has 0 spiro atoms. The van der Waals surface area contributed by atoms with Crippen LogP contribution in [0.2, 0.25) is 0 Å². The molecule has 1 N–H and O–H groups in total. The highest BCUT2D eigenvalue weighted by Crippen LogP contribution is 2.31. The predicted molar refractivity (Wildman–Crippen MR) is 113 cm³/mol. The molecule has 1 atom stereocenters. The number of ether oxygens (including phenoxy) is 2. The first-order chi connectivity index (χ1) is 13.2. The van der Waals surface area contributed by atoms with Gasteiger partial charge in [-0.3, -0.25) is 9.59 Å². The second-order valence-electron chi connectivity index (χ2n) is 7.12. The first-order valence-electron chi connectivity index (χ1n) is 9.45. The molecule has 2 aromatic rings. The zero-order valence-corrected chi connectivity index (χ0v) is 18.2. The molecule has 1 heterocycles. The molecule has 152 valence electrons. The average molecular weight is 404 g/mol. The van der Waals surface area contributed by atoms with E-state index in [0.717, 1.165) is 20.9 Å². The summed E-state index contributed by atoms with van der Waals surface area (Å²) in [6.07, 6.45) is 0.425. The van der Waals surface area contributed by atoms with Crippen LogP contribution in [0.3, 0.4) is 0 Å². The topological polar surface area (TPSA) is 64.6 Å². The van der Waals surface area contributed by atoms with Gasteiger partial charge in [0.25, 0.3) is 0 Å². The predicted octanol–water partition coefficient (Wildman–Crippen LogP) is 5.00. The first kappa shape index (κ1) is 22.0. The van der Waals surface area contributed by atoms with Gasteiger partial charge in [-0.25, -0.2) is 0 Å². The Kier molecular flexibility index (Phi) is 7.63. The van der Waals surface area contributed by atoms with E-state index >= 15 is 0 Å². The number of rotatable bonds is 9. The lowest BCUT2D eigenvalue weighted by molar-refractivity contribution is -0.121. The first-order valence-corrected chi connectivity index (χ1v) is 10.3. The number of carbonyl (C=O) groups excluding carboxylic acids is 2. The van der Waals surface area contributed by atoms with Gasteiger partial charge in [-0.15, -0.1) is 11.3 Å². The van der Waals surface area contributed by atoms with Crippen molar-refractivity contribution < 1.29 is 19.1 Å². The molecule has 0 saturated heterocycles. The second kappa shape index (κ2) is 9.73. The Balaban J connectivity index is 1.94. The van der Waals surface area contributed by atoms with Crippen LogP contribution < -0.4 is 14.8 Å². The van der Waals surface area contributed by atoms with E-state index in [0.29, 0.717) is 11.5 Å². The van der Waals surface area contributed by atoms with Crippen molar-refractivity contribution in [2.45, 2.75) is 59.6 Å². The average Bonchev–Trinajstić information content (AvgIpc) is 2.97. The van der Waals surface area contributed by atoms with Crippen molar-refractivity contribution in [3.05, 3.63) is 45.1 Å². The van der Waals surface area contributed by atoms with Gasteiger partial charge >= 0.3 is 0 Å². The van der Waals surface area contributed by atoms with E-state index in [2.05, 4.69) is 5.32 Å². The SMILES string of the molecule is COc1cc(C(C)NC(=O)CCC(=O)c2cc(C)sc2C)ccc1OC(C)C. The maximum Gasteiger partial charge on any atom is 0.220 e. The van der Waals surface area contributed by atoms with Crippen LogP contribution in [0.1, 0.15) is 65.3 Å². The molecule has 0 radical (unpaired) electrons. The van der Waals surface area contributed by atoms with E-state index < -0.39 is 0 Å². The Labute approximate surface area is 171 Å². The third-order valence-electron chi connectivity index (χ3n) is 4.35. The summed E-state index contributed by atoms with van der Waals surface area (Å²) in [5, 5.41) is 2.95. The van der Waals surface area contributed by atoms with Crippen LogP contribution in [0.15, 0.2) is 24.3 Å². The molecule has 1 aromatic heterocycles. The molecular formula is C22H29NO4S. The number of ketones is 1. The van der Waals surface area contributed by atoms with Crippen LogP contribution in [0.5, 0.6) is 11.5 Å². The number of methoxy groups -OCH3 is 1. The van der Waals surface area contributed by atoms with Gasteiger partial charge in [-0.2, -0.15) is 0 Å². The number of thiophene rings is 1. The van der Waals surface area contributed by atoms with Gasteiger partial charge in [0, 0.05) is 28.2 Å². The van der Waals surface area contributed by atoms with Crippen LogP contribution in [0, 0.1) is 13.8 Å². The normalized spacial score (nSPS) is 12.0. The van der Waals surface area contributed by atoms with Crippen molar-refractivity contribution in [2.75, 3.05) is 7.11 Å². The Hall–Kier alpha value is -2.34. The molecule has 6 heteroatoms. The molecule has 0 aliphatic carbocycles. The standard InChI is InChI=1S/C22H29NO4S/c1-13(2)27-20-9-7-17(12-21(20)26-6)15(4)23-22(25)10-8-19(24)18-11-14(3)28-16(18)5/h7,9,11-13,15H,8,10H2,1-6H3,(H,23,25). The van der Waals surface area contributed by atoms with Crippen molar-refractivity contribution >= 4 is 23.0 Å². The summed E-state index contributed by atoms with van der Waals surface area (Å²) in [6, 6.07) is 7.33. The Morgan fingerprint density at radius 3 is 2.36 bits per heavy atom. The minimum absolute atomic E-state index is 0.0153. The van der Waals surface area contributed by atoms with Crippen LogP contribution >= 0.6 is 11.3 Å². The summed E-state index contributed by atoms with van der Waals surface area (Å²) in [5.74, 6) is 1.17. The van der Waals surface area contributed by atoms with E-state index in [4.69, 9.17) is 9.47 Å². The highest BCUT2D eigenvalue weighted by Gasteiger charge is 2.16. The lowest BCUT2D eigenvalue weighted by Gasteiger charge is -2.18. The lowest BCUT2D eigenvalue weighted by atomic mass is 10.1. The molecule has 0 fully saturated rings. The Bertz CT molecular complexity index is 841. The molecule has 0 aliphatic rings. The highest BCUT2D eigenvalue weighted by molar-refractivity contribution is 7.12. The number of hydrogen-bond acceptors (Lipinski definition) is 5. The van der Waals surface area contributed by atoms with Gasteiger partial charge in [0.15, 0.2) is 17.3 Å². The summed E-state index contributed by atoms with van der Waals surface area (Å²) in [4.78, 5) is 26.8. The lowest BCUT2D eigenvalue weighted by Crippen LogP contribution is -2.27. The molecule has 0 aliphatic heterocycles. The fourth-order valence-corrected chi connectivity index (χ4v) is 3.91. The molecule has 2 rings (SSSR count). The monoisotopic (exact) mass is 403 g/mol. The molecule has 28 heavy (non-hydrogen) atoms. The van der Waals surface area contributed by atoms with Crippen molar-refractivity contribution in [3.8, 4) is 11.5 Å². The van der Waals surface area contributed by atoms with Crippen molar-refractivity contribution in [1.82, 2.24) is 5.32 Å². The van der Waals surface area contributed by atoms with E-state index in [1.165, 1.54) is 0 Å². The zero-order chi connectivity index (χ0) is 20.8. The fourth-order valence-electron chi connectivity index (χ4n) is 2.97. The second-order valence-corrected chi connectivity index (χ2v) is 8.58. The van der Waals surface area contributed by atoms with Gasteiger partial charge in [-0.05, 0) is 58.4 Å². The molecule has 5 nitrogen and oxygen atoms in total. The number of carbonyl (C=O) groups is 2. The Morgan fingerprint density at radius 2 is 1.79 bits per heavy atom. The highest BCUT2D eigenvalue weighted by atomic mass is 32.1. The summed E-state index contributed by atoms with van der Waals surface area (Å²) in [7, 11) is 1.59. The van der Waals surface area contributed by atoms with E-state index in [1.54, 1.807) is 18.4 Å². The summed E-state index contributed by atoms with van der Waals surface area (Å²) >= 11 is 1.60. The summed E-state index contributed by atoms with van der Waals surface area (Å²) < 4.78 is 11.1. The van der Waals surface area contributed by atoms with Crippen molar-refractivity contribution in [1.29, 1.82) is 0 Å². The molecule has 1 aromatic carbocycles. The third kappa shape index (κ3) is 5.83. The van der Waals surface area contributed by atoms with Gasteiger partial charge in [0.05, 0.1) is 19.3 Å². The van der Waals surface area contributed by atoms with Gasteiger partial charge < -0.3 is 14.8 Å². The largest absolute Gasteiger partial charge is 0.493 e. The number of hydrogen-bond donors (Lipinski definition) is 1. The molecule has 0 bridgehead atoms. The Morgan fingerprint density at radius 1 is 1.07 bits per heavy atom. The molecular weight excluding hydrogens is 374 g/mol. The van der Waals surface area contributed by atoms with E-state index in [-0.39, 0.29) is 36.7 Å². The van der Waals surface area contributed by atoms with Crippen LogP contribution in [0.25, 0.3) is 0 Å². The number of amides is 1. The molecule has 0 saturated carbocycles. The maximum absolute atomic E-state index is 12.3. The number of aryl methyl sites for hydroxylation is 2. The quantitative estimate of drug-likeness (QED) is 0.598. The van der Waals surface area contributed by atoms with Crippen LogP contribution in [-0.2, 0) is 4.79 Å². The van der Waals surface area contributed by atoms with Crippen LogP contribution in [0.4, 0.5) is 0 Å². The van der Waals surface area contributed by atoms with Gasteiger partial charge in [0.1, 0.15) is 0 Å². The smallest absolute Gasteiger partial charge is 0.220 e. The van der Waals surface area contributed by atoms with Crippen molar-refractivity contribution in [2.24, 2.45) is 0 Å². The van der Waals surface area contributed by atoms with Crippen molar-refractivity contribution in [3.63, 3.8) is 0 Å². The molecule has 1 unspecified atom stereocenters. The van der Waals surface area contributed by atoms with Gasteiger partial charge in [0.2, 0.25) is 5.91 Å². The number of Topliss-reactive ketones (excluding diaryl/α,β-unsaturated/α-hetero) is 1. The minimum atomic E-state index is -0.199.